The molecule has 2 N–H and O–H groups in total. The molecule has 30 heavy (non-hydrogen) atoms. The van der Waals surface area contributed by atoms with Crippen molar-refractivity contribution in [3.8, 4) is 0 Å². The Morgan fingerprint density at radius 3 is 2.13 bits per heavy atom. The van der Waals surface area contributed by atoms with E-state index in [9.17, 15) is 13.6 Å². The minimum Gasteiger partial charge on any atom is -0.352 e. The van der Waals surface area contributed by atoms with E-state index in [-0.39, 0.29) is 41.3 Å². The zero-order valence-corrected chi connectivity index (χ0v) is 17.5. The van der Waals surface area contributed by atoms with Crippen LogP contribution in [0.4, 0.5) is 8.78 Å². The number of halogens is 2. The number of benzene rings is 2. The van der Waals surface area contributed by atoms with E-state index < -0.39 is 5.41 Å². The van der Waals surface area contributed by atoms with Crippen LogP contribution in [0.15, 0.2) is 53.6 Å². The molecule has 0 saturated carbocycles. The van der Waals surface area contributed by atoms with Crippen molar-refractivity contribution in [2.75, 3.05) is 6.54 Å². The third-order valence-electron chi connectivity index (χ3n) is 5.75. The Balaban J connectivity index is 1.77. The van der Waals surface area contributed by atoms with Gasteiger partial charge in [0.05, 0.1) is 6.54 Å². The van der Waals surface area contributed by atoms with Crippen LogP contribution in [0.5, 0.6) is 0 Å². The second-order valence-corrected chi connectivity index (χ2v) is 8.48. The van der Waals surface area contributed by atoms with Crippen molar-refractivity contribution in [3.05, 3.63) is 71.3 Å². The molecule has 2 saturated heterocycles. The predicted molar refractivity (Wildman–Crippen MR) is 115 cm³/mol. The fourth-order valence-corrected chi connectivity index (χ4v) is 4.19. The zero-order chi connectivity index (χ0) is 21.5. The Labute approximate surface area is 179 Å². The second-order valence-electron chi connectivity index (χ2n) is 8.09. The zero-order valence-electron chi connectivity index (χ0n) is 16.7. The monoisotopic (exact) mass is 428 g/mol. The van der Waals surface area contributed by atoms with Gasteiger partial charge in [0, 0.05) is 29.6 Å². The smallest absolute Gasteiger partial charge is 0.268 e. The molecule has 0 aliphatic carbocycles. The van der Waals surface area contributed by atoms with Crippen LogP contribution in [-0.2, 0) is 4.79 Å². The quantitative estimate of drug-likeness (QED) is 0.730. The van der Waals surface area contributed by atoms with Gasteiger partial charge in [-0.2, -0.15) is 10.1 Å². The van der Waals surface area contributed by atoms with Crippen LogP contribution in [0, 0.1) is 17.0 Å². The number of nitrogens with one attached hydrogen (secondary N) is 2. The molecule has 0 spiro atoms. The predicted octanol–water partition coefficient (Wildman–Crippen LogP) is 3.84. The van der Waals surface area contributed by atoms with Gasteiger partial charge in [0.25, 0.3) is 5.91 Å². The van der Waals surface area contributed by atoms with Crippen LogP contribution in [0.1, 0.15) is 43.5 Å². The van der Waals surface area contributed by atoms with E-state index in [0.717, 1.165) is 16.8 Å². The van der Waals surface area contributed by atoms with Gasteiger partial charge in [-0.05, 0) is 47.6 Å². The third kappa shape index (κ3) is 3.85. The number of hydrogen-bond acceptors (Lipinski definition) is 4. The lowest BCUT2D eigenvalue weighted by Crippen LogP contribution is -2.49. The molecule has 2 heterocycles. The van der Waals surface area contributed by atoms with Crippen LogP contribution in [-0.4, -0.2) is 28.3 Å². The highest BCUT2D eigenvalue weighted by molar-refractivity contribution is 7.80. The number of hydrogen-bond donors (Lipinski definition) is 2. The highest BCUT2D eigenvalue weighted by Crippen LogP contribution is 2.44. The van der Waals surface area contributed by atoms with Gasteiger partial charge in [0.2, 0.25) is 0 Å². The molecular weight excluding hydrogens is 406 g/mol. The molecule has 8 heteroatoms. The molecular formula is C22H22F2N4OS. The van der Waals surface area contributed by atoms with E-state index in [2.05, 4.69) is 15.7 Å². The summed E-state index contributed by atoms with van der Waals surface area (Å²) in [5.74, 6) is -0.827. The largest absolute Gasteiger partial charge is 0.352 e. The normalized spacial score (nSPS) is 24.9. The lowest BCUT2D eigenvalue weighted by Gasteiger charge is -2.45. The van der Waals surface area contributed by atoms with Crippen LogP contribution in [0.3, 0.4) is 0 Å². The van der Waals surface area contributed by atoms with Crippen LogP contribution < -0.4 is 10.6 Å². The molecule has 156 valence electrons. The maximum absolute atomic E-state index is 13.5. The van der Waals surface area contributed by atoms with Crippen LogP contribution in [0.25, 0.3) is 0 Å². The van der Waals surface area contributed by atoms with Gasteiger partial charge in [-0.15, -0.1) is 0 Å². The molecule has 5 nitrogen and oxygen atoms in total. The molecule has 2 aromatic rings. The third-order valence-corrected chi connectivity index (χ3v) is 6.06. The highest BCUT2D eigenvalue weighted by Gasteiger charge is 2.43. The molecule has 0 radical (unpaired) electrons. The average Bonchev–Trinajstić information content (AvgIpc) is 3.03. The number of piperidine rings is 1. The van der Waals surface area contributed by atoms with Crippen molar-refractivity contribution in [1.82, 2.24) is 15.6 Å². The first kappa shape index (κ1) is 20.6. The molecule has 2 aliphatic heterocycles. The van der Waals surface area contributed by atoms with Gasteiger partial charge >= 0.3 is 0 Å². The number of rotatable bonds is 3. The molecule has 2 unspecified atom stereocenters. The Morgan fingerprint density at radius 1 is 1.03 bits per heavy atom. The van der Waals surface area contributed by atoms with Gasteiger partial charge in [0.15, 0.2) is 5.11 Å². The van der Waals surface area contributed by atoms with Gasteiger partial charge in [0.1, 0.15) is 11.6 Å². The van der Waals surface area contributed by atoms with E-state index in [1.165, 1.54) is 29.3 Å². The van der Waals surface area contributed by atoms with Crippen molar-refractivity contribution >= 4 is 28.9 Å². The Hall–Kier alpha value is -2.71. The minimum absolute atomic E-state index is 0.122. The van der Waals surface area contributed by atoms with Crippen LogP contribution in [0.2, 0.25) is 0 Å². The van der Waals surface area contributed by atoms with E-state index in [1.807, 2.05) is 13.8 Å². The first-order valence-corrected chi connectivity index (χ1v) is 10.1. The SMILES string of the molecule is CC1(C)/C(=N/N2C(=O)CNC2=S)CC(c2ccc(F)cc2)NC1c1ccc(F)cc1. The summed E-state index contributed by atoms with van der Waals surface area (Å²) in [7, 11) is 0. The standard InChI is InChI=1S/C22H22F2N4OS/c1-22(2)18(27-28-19(29)12-25-21(28)30)11-17(13-3-7-15(23)8-4-13)26-20(22)14-5-9-16(24)10-6-14/h3-10,17,20,26H,11-12H2,1-2H3,(H,25,30)/b27-18+. The summed E-state index contributed by atoms with van der Waals surface area (Å²) in [6.07, 6.45) is 0.517. The average molecular weight is 429 g/mol. The first-order valence-electron chi connectivity index (χ1n) is 9.71. The molecule has 0 bridgehead atoms. The van der Waals surface area contributed by atoms with Crippen molar-refractivity contribution < 1.29 is 13.6 Å². The van der Waals surface area contributed by atoms with Crippen LogP contribution >= 0.6 is 12.2 Å². The molecule has 0 aromatic heterocycles. The molecule has 1 amide bonds. The number of thiocarbonyl (C=S) groups is 1. The lowest BCUT2D eigenvalue weighted by atomic mass is 9.70. The van der Waals surface area contributed by atoms with E-state index in [4.69, 9.17) is 12.2 Å². The number of carbonyl (C=O) groups is 1. The number of nitrogens with zero attached hydrogens (tertiary/aromatic N) is 2. The molecule has 2 atom stereocenters. The number of hydrazone groups is 1. The molecule has 2 aliphatic rings. The van der Waals surface area contributed by atoms with Gasteiger partial charge < -0.3 is 10.6 Å². The second kappa shape index (κ2) is 7.85. The van der Waals surface area contributed by atoms with Gasteiger partial charge in [-0.1, -0.05) is 38.1 Å². The Kier molecular flexibility index (Phi) is 5.38. The molecule has 4 rings (SSSR count). The van der Waals surface area contributed by atoms with E-state index in [0.29, 0.717) is 6.42 Å². The summed E-state index contributed by atoms with van der Waals surface area (Å²) >= 11 is 5.22. The molecule has 2 aromatic carbocycles. The van der Waals surface area contributed by atoms with Crippen molar-refractivity contribution in [2.24, 2.45) is 10.5 Å². The fourth-order valence-electron chi connectivity index (χ4n) is 3.97. The van der Waals surface area contributed by atoms with E-state index in [1.54, 1.807) is 24.3 Å². The Bertz CT molecular complexity index is 989. The molecule has 2 fully saturated rings. The van der Waals surface area contributed by atoms with E-state index >= 15 is 0 Å². The van der Waals surface area contributed by atoms with Gasteiger partial charge in [-0.3, -0.25) is 4.79 Å². The summed E-state index contributed by atoms with van der Waals surface area (Å²) in [5.41, 5.74) is 2.09. The Morgan fingerprint density at radius 2 is 1.60 bits per heavy atom. The van der Waals surface area contributed by atoms with Crippen molar-refractivity contribution in [2.45, 2.75) is 32.4 Å². The maximum atomic E-state index is 13.5. The van der Waals surface area contributed by atoms with Crippen molar-refractivity contribution in [3.63, 3.8) is 0 Å². The topological polar surface area (TPSA) is 56.7 Å². The fraction of sp³-hybridized carbons (Fsp3) is 0.318. The first-order chi connectivity index (χ1) is 14.3. The minimum atomic E-state index is -0.493. The number of carbonyl (C=O) groups excluding carboxylic acids is 1. The summed E-state index contributed by atoms with van der Waals surface area (Å²) in [6.45, 7) is 4.19. The summed E-state index contributed by atoms with van der Waals surface area (Å²) in [6, 6.07) is 12.3. The lowest BCUT2D eigenvalue weighted by molar-refractivity contribution is -0.124. The number of amides is 1. The van der Waals surface area contributed by atoms with Crippen molar-refractivity contribution in [1.29, 1.82) is 0 Å². The summed E-state index contributed by atoms with van der Waals surface area (Å²) in [4.78, 5) is 12.2. The highest BCUT2D eigenvalue weighted by atomic mass is 32.1. The maximum Gasteiger partial charge on any atom is 0.268 e. The summed E-state index contributed by atoms with van der Waals surface area (Å²) < 4.78 is 27.0. The van der Waals surface area contributed by atoms with Gasteiger partial charge in [-0.25, -0.2) is 8.78 Å². The summed E-state index contributed by atoms with van der Waals surface area (Å²) in [5, 5.41) is 12.6.